The van der Waals surface area contributed by atoms with E-state index in [4.69, 9.17) is 9.97 Å². The molecular formula is C20H6N4O2S2Se. The second-order valence-electron chi connectivity index (χ2n) is 7.04. The predicted octanol–water partition coefficient (Wildman–Crippen LogP) is 3.52. The Labute approximate surface area is 173 Å². The van der Waals surface area contributed by atoms with E-state index < -0.39 is 0 Å². The van der Waals surface area contributed by atoms with Crippen LogP contribution >= 0.6 is 22.7 Å². The summed E-state index contributed by atoms with van der Waals surface area (Å²) in [5.41, 5.74) is 3.04. The fourth-order valence-corrected chi connectivity index (χ4v) is 8.72. The first-order valence-electron chi connectivity index (χ1n) is 8.84. The van der Waals surface area contributed by atoms with Crippen molar-refractivity contribution in [2.45, 2.75) is 0 Å². The second kappa shape index (κ2) is 4.66. The normalized spacial score (nSPS) is 13.1. The molecule has 6 nitrogen and oxygen atoms in total. The molecule has 0 aliphatic heterocycles. The zero-order chi connectivity index (χ0) is 19.0. The minimum atomic E-state index is -0.0922. The van der Waals surface area contributed by atoms with Gasteiger partial charge in [-0.25, -0.2) is 0 Å². The van der Waals surface area contributed by atoms with Gasteiger partial charge < -0.3 is 0 Å². The Morgan fingerprint density at radius 1 is 0.724 bits per heavy atom. The molecule has 29 heavy (non-hydrogen) atoms. The fourth-order valence-electron chi connectivity index (χ4n) is 4.52. The molecule has 0 spiro atoms. The number of hydrogen-bond acceptors (Lipinski definition) is 6. The molecular weight excluding hydrogens is 471 g/mol. The van der Waals surface area contributed by atoms with Crippen molar-refractivity contribution in [3.8, 4) is 0 Å². The van der Waals surface area contributed by atoms with E-state index in [1.807, 2.05) is 22.9 Å². The average Bonchev–Trinajstić information content (AvgIpc) is 3.48. The van der Waals surface area contributed by atoms with Crippen LogP contribution in [0, 0.1) is 0 Å². The van der Waals surface area contributed by atoms with E-state index in [1.165, 1.54) is 22.7 Å². The van der Waals surface area contributed by atoms with E-state index in [2.05, 4.69) is 0 Å². The van der Waals surface area contributed by atoms with E-state index in [9.17, 15) is 9.59 Å². The summed E-state index contributed by atoms with van der Waals surface area (Å²) in [6, 6.07) is 7.51. The van der Waals surface area contributed by atoms with Gasteiger partial charge in [-0.05, 0) is 0 Å². The summed E-state index contributed by atoms with van der Waals surface area (Å²) < 4.78 is 5.63. The Hall–Kier alpha value is -2.84. The number of rotatable bonds is 0. The predicted molar refractivity (Wildman–Crippen MR) is 119 cm³/mol. The standard InChI is InChI=1S/C20H6N4O2S2Se/c25-19-7-1-2-8-12-11(7)13(15-21-17-9(23(15)19)3-5-27-17)29-14(12)16-22-18-10(4-6-28-18)24(16)20(8)26/h1-6H. The van der Waals surface area contributed by atoms with Crippen molar-refractivity contribution in [2.24, 2.45) is 0 Å². The van der Waals surface area contributed by atoms with Gasteiger partial charge in [0.05, 0.1) is 0 Å². The number of thiophene rings is 2. The van der Waals surface area contributed by atoms with E-state index in [0.717, 1.165) is 51.3 Å². The number of pyridine rings is 2. The molecule has 0 saturated heterocycles. The molecule has 0 bridgehead atoms. The molecule has 0 fully saturated rings. The molecule has 1 aromatic carbocycles. The molecule has 8 rings (SSSR count). The molecule has 7 aromatic heterocycles. The zero-order valence-electron chi connectivity index (χ0n) is 14.3. The average molecular weight is 477 g/mol. The molecule has 0 radical (unpaired) electrons. The summed E-state index contributed by atoms with van der Waals surface area (Å²) >= 11 is 2.99. The summed E-state index contributed by atoms with van der Waals surface area (Å²) in [6.45, 7) is 0. The van der Waals surface area contributed by atoms with Gasteiger partial charge in [0.2, 0.25) is 0 Å². The van der Waals surface area contributed by atoms with Gasteiger partial charge in [-0.3, -0.25) is 0 Å². The van der Waals surface area contributed by atoms with Gasteiger partial charge in [0.25, 0.3) is 0 Å². The number of fused-ring (bicyclic) bond motifs is 8. The number of imidazole rings is 2. The van der Waals surface area contributed by atoms with E-state index in [-0.39, 0.29) is 25.6 Å². The van der Waals surface area contributed by atoms with Crippen molar-refractivity contribution >= 4 is 99.2 Å². The van der Waals surface area contributed by atoms with Crippen LogP contribution in [0.4, 0.5) is 0 Å². The maximum absolute atomic E-state index is 13.4. The van der Waals surface area contributed by atoms with Crippen LogP contribution < -0.4 is 11.1 Å². The van der Waals surface area contributed by atoms with Crippen molar-refractivity contribution in [3.63, 3.8) is 0 Å². The van der Waals surface area contributed by atoms with Gasteiger partial charge in [-0.15, -0.1) is 0 Å². The molecule has 0 amide bonds. The summed E-state index contributed by atoms with van der Waals surface area (Å²) in [5.74, 6) is 0. The molecule has 0 aliphatic carbocycles. The summed E-state index contributed by atoms with van der Waals surface area (Å²) in [5, 5.41) is 7.03. The quantitative estimate of drug-likeness (QED) is 0.248. The van der Waals surface area contributed by atoms with E-state index in [0.29, 0.717) is 10.8 Å². The van der Waals surface area contributed by atoms with Crippen molar-refractivity contribution in [2.75, 3.05) is 0 Å². The van der Waals surface area contributed by atoms with Crippen LogP contribution in [0.2, 0.25) is 0 Å². The van der Waals surface area contributed by atoms with Gasteiger partial charge in [-0.1, -0.05) is 0 Å². The minimum absolute atomic E-state index is 0.0677. The monoisotopic (exact) mass is 478 g/mol. The van der Waals surface area contributed by atoms with Gasteiger partial charge in [0, 0.05) is 0 Å². The maximum atomic E-state index is 13.4. The number of aromatic nitrogens is 4. The van der Waals surface area contributed by atoms with E-state index in [1.54, 1.807) is 20.9 Å². The SMILES string of the molecule is O=c1c2ccc3c(=O)n4c5ccsc5nc4c4[se]c(c2c34)c2nc3sccc3n12. The molecule has 0 aliphatic rings. The molecule has 0 atom stereocenters. The first kappa shape index (κ1) is 15.1. The number of nitrogens with zero attached hydrogens (tertiary/aromatic N) is 4. The van der Waals surface area contributed by atoms with Crippen LogP contribution in [0.3, 0.4) is 0 Å². The first-order valence-corrected chi connectivity index (χ1v) is 12.3. The van der Waals surface area contributed by atoms with E-state index >= 15 is 0 Å². The Bertz CT molecular complexity index is 1930. The molecule has 7 heterocycles. The van der Waals surface area contributed by atoms with Crippen LogP contribution in [0.25, 0.3) is 62.1 Å². The Morgan fingerprint density at radius 2 is 1.21 bits per heavy atom. The molecule has 0 N–H and O–H groups in total. The zero-order valence-corrected chi connectivity index (χ0v) is 17.6. The van der Waals surface area contributed by atoms with Gasteiger partial charge in [0.1, 0.15) is 0 Å². The van der Waals surface area contributed by atoms with Crippen molar-refractivity contribution in [3.05, 3.63) is 55.7 Å². The number of hydrogen-bond donors (Lipinski definition) is 0. The van der Waals surface area contributed by atoms with Crippen LogP contribution in [0.1, 0.15) is 0 Å². The number of benzene rings is 1. The third-order valence-corrected chi connectivity index (χ3v) is 9.78. The second-order valence-corrected chi connectivity index (χ2v) is 11.0. The summed E-state index contributed by atoms with van der Waals surface area (Å²) in [6.07, 6.45) is 0. The van der Waals surface area contributed by atoms with Crippen LogP contribution in [-0.2, 0) is 0 Å². The molecule has 0 saturated carbocycles. The van der Waals surface area contributed by atoms with Crippen LogP contribution in [0.15, 0.2) is 44.6 Å². The molecule has 9 heteroatoms. The molecule has 0 unspecified atom stereocenters. The Morgan fingerprint density at radius 3 is 1.69 bits per heavy atom. The molecule has 8 aromatic rings. The van der Waals surface area contributed by atoms with Crippen molar-refractivity contribution in [1.29, 1.82) is 0 Å². The van der Waals surface area contributed by atoms with Crippen molar-refractivity contribution in [1.82, 2.24) is 18.8 Å². The topological polar surface area (TPSA) is 68.7 Å². The third-order valence-electron chi connectivity index (χ3n) is 5.71. The first-order chi connectivity index (χ1) is 14.2. The van der Waals surface area contributed by atoms with Gasteiger partial charge >= 0.3 is 174 Å². The Kier molecular flexibility index (Phi) is 2.42. The van der Waals surface area contributed by atoms with Crippen LogP contribution in [0.5, 0.6) is 0 Å². The van der Waals surface area contributed by atoms with Gasteiger partial charge in [0.15, 0.2) is 0 Å². The van der Waals surface area contributed by atoms with Crippen LogP contribution in [-0.4, -0.2) is 33.3 Å². The summed E-state index contributed by atoms with van der Waals surface area (Å²) in [4.78, 5) is 38.0. The summed E-state index contributed by atoms with van der Waals surface area (Å²) in [7, 11) is 0. The fraction of sp³-hybridized carbons (Fsp3) is 0. The molecule has 136 valence electrons. The van der Waals surface area contributed by atoms with Crippen molar-refractivity contribution < 1.29 is 0 Å². The Balaban J connectivity index is 1.80. The van der Waals surface area contributed by atoms with Gasteiger partial charge in [-0.2, -0.15) is 0 Å². The third kappa shape index (κ3) is 1.52.